The zero-order valence-electron chi connectivity index (χ0n) is 21.6. The van der Waals surface area contributed by atoms with Crippen LogP contribution in [0.3, 0.4) is 0 Å². The molecule has 0 spiro atoms. The lowest BCUT2D eigenvalue weighted by Crippen LogP contribution is -2.45. The van der Waals surface area contributed by atoms with Crippen LogP contribution in [0.25, 0.3) is 11.1 Å². The summed E-state index contributed by atoms with van der Waals surface area (Å²) >= 11 is 0. The number of hydrogen-bond acceptors (Lipinski definition) is 11. The molecule has 0 aliphatic carbocycles. The molecule has 13 heteroatoms. The van der Waals surface area contributed by atoms with E-state index in [4.69, 9.17) is 10.2 Å². The fraction of sp³-hybridized carbons (Fsp3) is 0.423. The molecule has 2 saturated heterocycles. The molecular formula is C26H31N9O4. The molecule has 4 aromatic rings. The highest BCUT2D eigenvalue weighted by Crippen LogP contribution is 2.33. The third-order valence-corrected chi connectivity index (χ3v) is 7.44. The maximum Gasteiger partial charge on any atom is 0.298 e. The van der Waals surface area contributed by atoms with Crippen LogP contribution in [-0.4, -0.2) is 84.3 Å². The zero-order chi connectivity index (χ0) is 27.1. The van der Waals surface area contributed by atoms with E-state index >= 15 is 0 Å². The number of anilines is 3. The summed E-state index contributed by atoms with van der Waals surface area (Å²) in [7, 11) is 1.79. The molecule has 204 valence electrons. The molecule has 1 aromatic carbocycles. The molecule has 13 nitrogen and oxygen atoms in total. The van der Waals surface area contributed by atoms with Crippen molar-refractivity contribution in [2.24, 2.45) is 12.8 Å². The number of nitrogens with zero attached hydrogens (tertiary/aromatic N) is 7. The van der Waals surface area contributed by atoms with Crippen LogP contribution in [0.4, 0.5) is 17.5 Å². The molecular weight excluding hydrogens is 502 g/mol. The molecule has 2 aliphatic heterocycles. The Morgan fingerprint density at radius 3 is 2.87 bits per heavy atom. The summed E-state index contributed by atoms with van der Waals surface area (Å²) in [5.41, 5.74) is 9.35. The maximum atomic E-state index is 12.1. The highest BCUT2D eigenvalue weighted by molar-refractivity contribution is 5.96. The van der Waals surface area contributed by atoms with Gasteiger partial charge in [-0.1, -0.05) is 6.07 Å². The molecule has 0 saturated carbocycles. The molecule has 1 amide bonds. The minimum absolute atomic E-state index is 0.0114. The molecule has 6 rings (SSSR count). The lowest BCUT2D eigenvalue weighted by atomic mass is 9.97. The number of aliphatic hydroxyl groups excluding tert-OH is 2. The smallest absolute Gasteiger partial charge is 0.298 e. The van der Waals surface area contributed by atoms with Gasteiger partial charge in [-0.2, -0.15) is 10.1 Å². The van der Waals surface area contributed by atoms with Crippen molar-refractivity contribution in [3.8, 4) is 0 Å². The van der Waals surface area contributed by atoms with Gasteiger partial charge in [0.1, 0.15) is 11.7 Å². The highest BCUT2D eigenvalue weighted by Gasteiger charge is 2.34. The second kappa shape index (κ2) is 10.2. The molecule has 1 unspecified atom stereocenters. The summed E-state index contributed by atoms with van der Waals surface area (Å²) in [6.45, 7) is 2.06. The monoisotopic (exact) mass is 533 g/mol. The predicted molar refractivity (Wildman–Crippen MR) is 143 cm³/mol. The molecule has 2 atom stereocenters. The molecule has 2 aliphatic rings. The number of primary amides is 1. The summed E-state index contributed by atoms with van der Waals surface area (Å²) in [6.07, 6.45) is 6.70. The number of aliphatic hydroxyl groups is 2. The van der Waals surface area contributed by atoms with Crippen molar-refractivity contribution in [2.45, 2.75) is 37.5 Å². The molecule has 0 bridgehead atoms. The van der Waals surface area contributed by atoms with Crippen molar-refractivity contribution in [1.82, 2.24) is 29.6 Å². The van der Waals surface area contributed by atoms with Crippen LogP contribution in [0.15, 0.2) is 41.2 Å². The fourth-order valence-corrected chi connectivity index (χ4v) is 5.30. The van der Waals surface area contributed by atoms with Gasteiger partial charge in [0.25, 0.3) is 11.9 Å². The van der Waals surface area contributed by atoms with Crippen molar-refractivity contribution >= 4 is 34.5 Å². The molecule has 2 fully saturated rings. The Bertz CT molecular complexity index is 1500. The van der Waals surface area contributed by atoms with Gasteiger partial charge in [-0.05, 0) is 30.5 Å². The largest absolute Gasteiger partial charge is 0.423 e. The first-order valence-electron chi connectivity index (χ1n) is 13.0. The average Bonchev–Trinajstić information content (AvgIpc) is 3.63. The summed E-state index contributed by atoms with van der Waals surface area (Å²) in [4.78, 5) is 29.6. The van der Waals surface area contributed by atoms with Gasteiger partial charge < -0.3 is 30.6 Å². The number of fused-ring (bicyclic) bond motifs is 1. The number of amides is 1. The lowest BCUT2D eigenvalue weighted by molar-refractivity contribution is -0.0174. The van der Waals surface area contributed by atoms with E-state index in [1.165, 1.54) is 0 Å². The van der Waals surface area contributed by atoms with E-state index in [0.717, 1.165) is 30.5 Å². The molecule has 3 aromatic heterocycles. The Morgan fingerprint density at radius 2 is 2.13 bits per heavy atom. The second-order valence-electron chi connectivity index (χ2n) is 10.2. The number of carbonyl (C=O) groups excluding carboxylic acids is 1. The minimum atomic E-state index is -0.664. The van der Waals surface area contributed by atoms with E-state index in [1.54, 1.807) is 30.3 Å². The zero-order valence-corrected chi connectivity index (χ0v) is 21.6. The number of oxazole rings is 1. The summed E-state index contributed by atoms with van der Waals surface area (Å²) in [6, 6.07) is 6.28. The SMILES string of the molecule is Cn1cc(Nc2ncc(C3CN(c4nc5ccc(CC(O)N6CCC[C@H]6CO)cc5o4)C3)nc2C(N)=O)cn1. The van der Waals surface area contributed by atoms with Crippen molar-refractivity contribution < 1.29 is 19.4 Å². The first-order chi connectivity index (χ1) is 18.9. The van der Waals surface area contributed by atoms with Gasteiger partial charge in [0.2, 0.25) is 0 Å². The van der Waals surface area contributed by atoms with Gasteiger partial charge >= 0.3 is 0 Å². The number of carbonyl (C=O) groups is 1. The van der Waals surface area contributed by atoms with Crippen LogP contribution in [0.5, 0.6) is 0 Å². The number of aryl methyl sites for hydroxylation is 1. The summed E-state index contributed by atoms with van der Waals surface area (Å²) in [5, 5.41) is 27.4. The van der Waals surface area contributed by atoms with Crippen LogP contribution in [-0.2, 0) is 13.5 Å². The van der Waals surface area contributed by atoms with Crippen LogP contribution in [0.2, 0.25) is 0 Å². The van der Waals surface area contributed by atoms with Crippen LogP contribution < -0.4 is 16.0 Å². The molecule has 5 heterocycles. The van der Waals surface area contributed by atoms with E-state index in [0.29, 0.717) is 42.5 Å². The van der Waals surface area contributed by atoms with Gasteiger partial charge in [0.05, 0.1) is 30.4 Å². The number of aromatic nitrogens is 5. The van der Waals surface area contributed by atoms with Gasteiger partial charge in [0, 0.05) is 51.3 Å². The normalized spacial score (nSPS) is 18.9. The van der Waals surface area contributed by atoms with Crippen molar-refractivity contribution in [3.05, 3.63) is 53.7 Å². The van der Waals surface area contributed by atoms with Crippen molar-refractivity contribution in [1.29, 1.82) is 0 Å². The van der Waals surface area contributed by atoms with Crippen molar-refractivity contribution in [3.63, 3.8) is 0 Å². The Hall–Kier alpha value is -4.07. The Kier molecular flexibility index (Phi) is 6.62. The minimum Gasteiger partial charge on any atom is -0.423 e. The highest BCUT2D eigenvalue weighted by atomic mass is 16.4. The van der Waals surface area contributed by atoms with Crippen LogP contribution in [0, 0.1) is 0 Å². The summed E-state index contributed by atoms with van der Waals surface area (Å²) in [5.74, 6) is -0.334. The molecule has 0 radical (unpaired) electrons. The standard InChI is InChI=1S/C26H31N9O4/c1-33-13-17(9-29-33)30-25-23(24(27)38)31-20(10-28-25)16-11-34(12-16)26-32-19-5-4-15(7-21(19)39-26)8-22(37)35-6-2-3-18(35)14-36/h4-5,7,9-10,13,16,18,22,36-37H,2-3,6,8,11-12,14H2,1H3,(H2,27,38)(H,28,30)/t18-,22?/m0/s1. The molecule has 5 N–H and O–H groups in total. The van der Waals surface area contributed by atoms with Crippen LogP contribution >= 0.6 is 0 Å². The van der Waals surface area contributed by atoms with Gasteiger partial charge in [0.15, 0.2) is 17.1 Å². The number of nitrogens with two attached hydrogens (primary N) is 1. The molecule has 39 heavy (non-hydrogen) atoms. The second-order valence-corrected chi connectivity index (χ2v) is 10.2. The Balaban J connectivity index is 1.12. The number of benzene rings is 1. The quantitative estimate of drug-likeness (QED) is 0.243. The van der Waals surface area contributed by atoms with E-state index in [9.17, 15) is 15.0 Å². The topological polar surface area (TPSA) is 172 Å². The number of rotatable bonds is 9. The van der Waals surface area contributed by atoms with Gasteiger partial charge in [-0.25, -0.2) is 9.97 Å². The Morgan fingerprint density at radius 1 is 1.28 bits per heavy atom. The predicted octanol–water partition coefficient (Wildman–Crippen LogP) is 1.12. The van der Waals surface area contributed by atoms with E-state index in [1.807, 2.05) is 28.0 Å². The van der Waals surface area contributed by atoms with Crippen molar-refractivity contribution in [2.75, 3.05) is 36.5 Å². The number of likely N-dealkylation sites (tertiary alicyclic amines) is 1. The first-order valence-corrected chi connectivity index (χ1v) is 13.0. The van der Waals surface area contributed by atoms with E-state index in [-0.39, 0.29) is 30.1 Å². The number of hydrogen-bond donors (Lipinski definition) is 4. The van der Waals surface area contributed by atoms with E-state index in [2.05, 4.69) is 25.4 Å². The Labute approximate surface area is 224 Å². The number of nitrogens with one attached hydrogen (secondary N) is 1. The lowest BCUT2D eigenvalue weighted by Gasteiger charge is -2.37. The van der Waals surface area contributed by atoms with Crippen LogP contribution in [0.1, 0.15) is 40.5 Å². The average molecular weight is 534 g/mol. The third kappa shape index (κ3) is 5.03. The van der Waals surface area contributed by atoms with Gasteiger partial charge in [-0.3, -0.25) is 14.4 Å². The third-order valence-electron chi connectivity index (χ3n) is 7.44. The first kappa shape index (κ1) is 25.2. The summed E-state index contributed by atoms with van der Waals surface area (Å²) < 4.78 is 7.68. The fourth-order valence-electron chi connectivity index (χ4n) is 5.30. The maximum absolute atomic E-state index is 12.1. The van der Waals surface area contributed by atoms with Gasteiger partial charge in [-0.15, -0.1) is 0 Å². The van der Waals surface area contributed by atoms with E-state index < -0.39 is 12.1 Å².